The highest BCUT2D eigenvalue weighted by atomic mass is 15.2. The first-order valence-electron chi connectivity index (χ1n) is 6.61. The Morgan fingerprint density at radius 1 is 1.16 bits per heavy atom. The van der Waals surface area contributed by atoms with Crippen LogP contribution < -0.4 is 10.2 Å². The van der Waals surface area contributed by atoms with E-state index in [0.29, 0.717) is 0 Å². The molecule has 98 valence electrons. The average molecular weight is 254 g/mol. The highest BCUT2D eigenvalue weighted by molar-refractivity contribution is 5.63. The number of aromatic nitrogens is 2. The highest BCUT2D eigenvalue weighted by Gasteiger charge is 2.19. The van der Waals surface area contributed by atoms with Crippen molar-refractivity contribution in [1.29, 1.82) is 0 Å². The summed E-state index contributed by atoms with van der Waals surface area (Å²) in [4.78, 5) is 11.3. The maximum atomic E-state index is 4.64. The van der Waals surface area contributed by atoms with Gasteiger partial charge in [-0.15, -0.1) is 0 Å². The maximum absolute atomic E-state index is 4.64. The van der Waals surface area contributed by atoms with Crippen LogP contribution in [0.15, 0.2) is 30.3 Å². The van der Waals surface area contributed by atoms with Gasteiger partial charge in [0.05, 0.1) is 5.69 Å². The Kier molecular flexibility index (Phi) is 3.17. The van der Waals surface area contributed by atoms with Crippen LogP contribution in [-0.2, 0) is 13.0 Å². The number of hydrogen-bond donors (Lipinski definition) is 1. The van der Waals surface area contributed by atoms with E-state index in [9.17, 15) is 0 Å². The second-order valence-electron chi connectivity index (χ2n) is 4.84. The summed E-state index contributed by atoms with van der Waals surface area (Å²) in [5.41, 5.74) is 3.56. The molecule has 3 rings (SSSR count). The van der Waals surface area contributed by atoms with Gasteiger partial charge in [-0.1, -0.05) is 18.2 Å². The number of anilines is 2. The summed E-state index contributed by atoms with van der Waals surface area (Å²) in [7, 11) is 2.06. The zero-order valence-electron chi connectivity index (χ0n) is 11.3. The molecule has 0 bridgehead atoms. The molecule has 1 aromatic carbocycles. The first-order valence-corrected chi connectivity index (χ1v) is 6.61. The lowest BCUT2D eigenvalue weighted by molar-refractivity contribution is 0.622. The molecular weight excluding hydrogens is 236 g/mol. The van der Waals surface area contributed by atoms with Crippen LogP contribution >= 0.6 is 0 Å². The number of benzene rings is 1. The molecule has 0 amide bonds. The minimum Gasteiger partial charge on any atom is -0.329 e. The van der Waals surface area contributed by atoms with Crippen molar-refractivity contribution in [2.45, 2.75) is 19.9 Å². The fourth-order valence-corrected chi connectivity index (χ4v) is 2.50. The summed E-state index contributed by atoms with van der Waals surface area (Å²) < 4.78 is 0. The van der Waals surface area contributed by atoms with Crippen molar-refractivity contribution in [3.05, 3.63) is 47.4 Å². The zero-order valence-corrected chi connectivity index (χ0v) is 11.3. The van der Waals surface area contributed by atoms with Crippen molar-refractivity contribution in [3.63, 3.8) is 0 Å². The van der Waals surface area contributed by atoms with Crippen LogP contribution in [0.1, 0.15) is 17.1 Å². The third-order valence-electron chi connectivity index (χ3n) is 3.48. The van der Waals surface area contributed by atoms with Gasteiger partial charge in [-0.25, -0.2) is 9.97 Å². The summed E-state index contributed by atoms with van der Waals surface area (Å²) in [6.07, 6.45) is 0.980. The molecule has 1 N–H and O–H groups in total. The Bertz CT molecular complexity index is 580. The van der Waals surface area contributed by atoms with E-state index < -0.39 is 0 Å². The van der Waals surface area contributed by atoms with Crippen molar-refractivity contribution in [3.8, 4) is 0 Å². The molecule has 0 saturated heterocycles. The molecular formula is C15H18N4. The molecule has 4 heteroatoms. The van der Waals surface area contributed by atoms with E-state index in [1.54, 1.807) is 0 Å². The van der Waals surface area contributed by atoms with Gasteiger partial charge in [-0.3, -0.25) is 0 Å². The molecule has 0 aliphatic carbocycles. The molecule has 1 aliphatic rings. The molecule has 0 fully saturated rings. The lowest BCUT2D eigenvalue weighted by atomic mass is 10.1. The summed E-state index contributed by atoms with van der Waals surface area (Å²) in [6, 6.07) is 10.3. The Balaban J connectivity index is 2.07. The zero-order chi connectivity index (χ0) is 13.2. The predicted molar refractivity (Wildman–Crippen MR) is 76.7 cm³/mol. The van der Waals surface area contributed by atoms with Crippen molar-refractivity contribution < 1.29 is 0 Å². The van der Waals surface area contributed by atoms with E-state index in [1.165, 1.54) is 11.3 Å². The minimum absolute atomic E-state index is 0.846. The normalized spacial score (nSPS) is 14.0. The average Bonchev–Trinajstić information content (AvgIpc) is 2.46. The van der Waals surface area contributed by atoms with E-state index in [-0.39, 0.29) is 0 Å². The highest BCUT2D eigenvalue weighted by Crippen LogP contribution is 2.28. The second kappa shape index (κ2) is 4.97. The van der Waals surface area contributed by atoms with E-state index in [1.807, 2.05) is 25.1 Å². The first-order chi connectivity index (χ1) is 9.25. The number of fused-ring (bicyclic) bond motifs is 1. The van der Waals surface area contributed by atoms with Gasteiger partial charge in [0, 0.05) is 37.8 Å². The fourth-order valence-electron chi connectivity index (χ4n) is 2.50. The van der Waals surface area contributed by atoms with Crippen LogP contribution in [0.25, 0.3) is 0 Å². The molecule has 2 heterocycles. The summed E-state index contributed by atoms with van der Waals surface area (Å²) >= 11 is 0. The predicted octanol–water partition coefficient (Wildman–Crippen LogP) is 2.20. The quantitative estimate of drug-likeness (QED) is 0.892. The van der Waals surface area contributed by atoms with Gasteiger partial charge in [-0.05, 0) is 19.1 Å². The van der Waals surface area contributed by atoms with Crippen molar-refractivity contribution in [2.75, 3.05) is 18.5 Å². The number of nitrogens with zero attached hydrogens (tertiary/aromatic N) is 3. The molecule has 1 aliphatic heterocycles. The topological polar surface area (TPSA) is 41.1 Å². The van der Waals surface area contributed by atoms with Gasteiger partial charge < -0.3 is 10.2 Å². The summed E-state index contributed by atoms with van der Waals surface area (Å²) in [5.74, 6) is 1.86. The van der Waals surface area contributed by atoms with Crippen LogP contribution in [0.2, 0.25) is 0 Å². The molecule has 4 nitrogen and oxygen atoms in total. The van der Waals surface area contributed by atoms with Crippen LogP contribution in [-0.4, -0.2) is 23.6 Å². The fraction of sp³-hybridized carbons (Fsp3) is 0.333. The third kappa shape index (κ3) is 2.31. The van der Waals surface area contributed by atoms with Crippen molar-refractivity contribution >= 4 is 11.5 Å². The van der Waals surface area contributed by atoms with Crippen molar-refractivity contribution in [2.24, 2.45) is 0 Å². The van der Waals surface area contributed by atoms with E-state index in [2.05, 4.69) is 39.4 Å². The molecule has 19 heavy (non-hydrogen) atoms. The Labute approximate surface area is 113 Å². The summed E-state index contributed by atoms with van der Waals surface area (Å²) in [5, 5.41) is 3.40. The number of hydrogen-bond acceptors (Lipinski definition) is 4. The van der Waals surface area contributed by atoms with Gasteiger partial charge in [-0.2, -0.15) is 0 Å². The van der Waals surface area contributed by atoms with Gasteiger partial charge >= 0.3 is 0 Å². The lowest BCUT2D eigenvalue weighted by Gasteiger charge is -2.25. The number of rotatable bonds is 2. The first kappa shape index (κ1) is 12.1. The standard InChI is InChI=1S/C15H18N4/c1-11-17-14-8-9-16-10-13(14)15(18-11)19(2)12-6-4-3-5-7-12/h3-7,16H,8-10H2,1-2H3. The molecule has 0 atom stereocenters. The van der Waals surface area contributed by atoms with Crippen LogP contribution in [0.4, 0.5) is 11.5 Å². The maximum Gasteiger partial charge on any atom is 0.141 e. The smallest absolute Gasteiger partial charge is 0.141 e. The molecule has 0 radical (unpaired) electrons. The van der Waals surface area contributed by atoms with E-state index >= 15 is 0 Å². The number of aryl methyl sites for hydroxylation is 1. The van der Waals surface area contributed by atoms with Gasteiger partial charge in [0.25, 0.3) is 0 Å². The molecule has 0 unspecified atom stereocenters. The monoisotopic (exact) mass is 254 g/mol. The molecule has 0 saturated carbocycles. The molecule has 1 aromatic heterocycles. The summed E-state index contributed by atoms with van der Waals surface area (Å²) in [6.45, 7) is 3.81. The largest absolute Gasteiger partial charge is 0.329 e. The SMILES string of the molecule is Cc1nc2c(c(N(C)c3ccccc3)n1)CNCC2. The Morgan fingerprint density at radius 3 is 2.74 bits per heavy atom. The molecule has 0 spiro atoms. The number of nitrogens with one attached hydrogen (secondary N) is 1. The van der Waals surface area contributed by atoms with Crippen LogP contribution in [0, 0.1) is 6.92 Å². The van der Waals surface area contributed by atoms with E-state index in [4.69, 9.17) is 0 Å². The lowest BCUT2D eigenvalue weighted by Crippen LogP contribution is -2.28. The van der Waals surface area contributed by atoms with Gasteiger partial charge in [0.2, 0.25) is 0 Å². The van der Waals surface area contributed by atoms with Crippen LogP contribution in [0.5, 0.6) is 0 Å². The van der Waals surface area contributed by atoms with E-state index in [0.717, 1.165) is 36.8 Å². The van der Waals surface area contributed by atoms with Crippen molar-refractivity contribution in [1.82, 2.24) is 15.3 Å². The Morgan fingerprint density at radius 2 is 1.95 bits per heavy atom. The van der Waals surface area contributed by atoms with Gasteiger partial charge in [0.1, 0.15) is 11.6 Å². The van der Waals surface area contributed by atoms with Crippen LogP contribution in [0.3, 0.4) is 0 Å². The molecule has 2 aromatic rings. The number of para-hydroxylation sites is 1. The minimum atomic E-state index is 0.846. The Hall–Kier alpha value is -1.94. The van der Waals surface area contributed by atoms with Gasteiger partial charge in [0.15, 0.2) is 0 Å². The third-order valence-corrected chi connectivity index (χ3v) is 3.48. The second-order valence-corrected chi connectivity index (χ2v) is 4.84.